The second-order valence-electron chi connectivity index (χ2n) is 7.36. The zero-order valence-electron chi connectivity index (χ0n) is 17.8. The minimum Gasteiger partial charge on any atom is -0.368 e. The molecule has 0 bridgehead atoms. The van der Waals surface area contributed by atoms with Gasteiger partial charge < -0.3 is 15.1 Å². The molecule has 0 aliphatic carbocycles. The third-order valence-corrected chi connectivity index (χ3v) is 6.87. The van der Waals surface area contributed by atoms with Gasteiger partial charge in [0.05, 0.1) is 17.5 Å². The van der Waals surface area contributed by atoms with Gasteiger partial charge in [-0.05, 0) is 42.5 Å². The maximum atomic E-state index is 12.5. The van der Waals surface area contributed by atoms with Crippen molar-refractivity contribution in [2.45, 2.75) is 11.3 Å². The molecule has 3 rings (SSSR count). The predicted molar refractivity (Wildman–Crippen MR) is 124 cm³/mol. The smallest absolute Gasteiger partial charge is 0.251 e. The number of nitriles is 1. The van der Waals surface area contributed by atoms with Crippen molar-refractivity contribution in [2.24, 2.45) is 0 Å². The maximum absolute atomic E-state index is 12.5. The summed E-state index contributed by atoms with van der Waals surface area (Å²) < 4.78 is 26.6. The molecule has 174 valence electrons. The van der Waals surface area contributed by atoms with Gasteiger partial charge >= 0.3 is 0 Å². The number of nitrogens with one attached hydrogen (secondary N) is 2. The van der Waals surface area contributed by atoms with Crippen LogP contribution in [0.4, 0.5) is 5.69 Å². The van der Waals surface area contributed by atoms with Gasteiger partial charge in [-0.2, -0.15) is 5.26 Å². The van der Waals surface area contributed by atoms with E-state index in [1.165, 1.54) is 24.3 Å². The summed E-state index contributed by atoms with van der Waals surface area (Å²) in [5, 5.41) is 11.8. The van der Waals surface area contributed by atoms with Gasteiger partial charge in [0.15, 0.2) is 0 Å². The molecule has 2 N–H and O–H groups in total. The van der Waals surface area contributed by atoms with Crippen molar-refractivity contribution in [2.75, 3.05) is 44.2 Å². The standard InChI is InChI=1S/C22H24ClN5O4S/c23-18-3-1-4-19(15-18)27-11-13-28(14-12-27)21(29)16-25-22(30)17-5-7-20(8-6-17)33(31,32)26-10-2-9-24/h1,3-8,15,26H,2,10-14,16H2,(H,25,30). The van der Waals surface area contributed by atoms with E-state index in [0.717, 1.165) is 5.69 Å². The lowest BCUT2D eigenvalue weighted by Crippen LogP contribution is -2.51. The number of nitrogens with zero attached hydrogens (tertiary/aromatic N) is 3. The summed E-state index contributed by atoms with van der Waals surface area (Å²) in [6, 6.07) is 14.8. The van der Waals surface area contributed by atoms with Crippen LogP contribution >= 0.6 is 11.6 Å². The number of amides is 2. The van der Waals surface area contributed by atoms with Gasteiger partial charge in [-0.15, -0.1) is 0 Å². The lowest BCUT2D eigenvalue weighted by molar-refractivity contribution is -0.130. The first-order valence-electron chi connectivity index (χ1n) is 10.3. The zero-order chi connectivity index (χ0) is 23.8. The highest BCUT2D eigenvalue weighted by Crippen LogP contribution is 2.20. The monoisotopic (exact) mass is 489 g/mol. The number of piperazine rings is 1. The van der Waals surface area contributed by atoms with Crippen LogP contribution in [-0.2, 0) is 14.8 Å². The van der Waals surface area contributed by atoms with Gasteiger partial charge in [-0.1, -0.05) is 17.7 Å². The Morgan fingerprint density at radius 3 is 2.39 bits per heavy atom. The lowest BCUT2D eigenvalue weighted by Gasteiger charge is -2.36. The van der Waals surface area contributed by atoms with E-state index in [4.69, 9.17) is 16.9 Å². The van der Waals surface area contributed by atoms with Gasteiger partial charge in [0.2, 0.25) is 15.9 Å². The second-order valence-corrected chi connectivity index (χ2v) is 9.56. The minimum atomic E-state index is -3.75. The average molecular weight is 490 g/mol. The summed E-state index contributed by atoms with van der Waals surface area (Å²) in [6.45, 7) is 2.26. The van der Waals surface area contributed by atoms with Gasteiger partial charge in [-0.3, -0.25) is 9.59 Å². The van der Waals surface area contributed by atoms with Crippen LogP contribution in [0.2, 0.25) is 5.02 Å². The molecule has 0 unspecified atom stereocenters. The Hall–Kier alpha value is -3.13. The highest BCUT2D eigenvalue weighted by atomic mass is 35.5. The van der Waals surface area contributed by atoms with Crippen molar-refractivity contribution in [3.05, 3.63) is 59.1 Å². The van der Waals surface area contributed by atoms with Crippen LogP contribution < -0.4 is 14.9 Å². The highest BCUT2D eigenvalue weighted by Gasteiger charge is 2.22. The third kappa shape index (κ3) is 6.68. The highest BCUT2D eigenvalue weighted by molar-refractivity contribution is 7.89. The van der Waals surface area contributed by atoms with Crippen LogP contribution in [0.25, 0.3) is 0 Å². The number of anilines is 1. The molecule has 1 saturated heterocycles. The minimum absolute atomic E-state index is 0.00867. The van der Waals surface area contributed by atoms with Gasteiger partial charge in [0.25, 0.3) is 5.91 Å². The number of hydrogen-bond acceptors (Lipinski definition) is 6. The molecular formula is C22H24ClN5O4S. The first-order valence-corrected chi connectivity index (χ1v) is 12.2. The Balaban J connectivity index is 1.47. The third-order valence-electron chi connectivity index (χ3n) is 5.16. The van der Waals surface area contributed by atoms with E-state index >= 15 is 0 Å². The van der Waals surface area contributed by atoms with Gasteiger partial charge in [0, 0.05) is 55.4 Å². The number of carbonyl (C=O) groups excluding carboxylic acids is 2. The largest absolute Gasteiger partial charge is 0.368 e. The van der Waals surface area contributed by atoms with Crippen LogP contribution in [0.1, 0.15) is 16.8 Å². The maximum Gasteiger partial charge on any atom is 0.251 e. The number of hydrogen-bond donors (Lipinski definition) is 2. The molecule has 1 aliphatic rings. The van der Waals surface area contributed by atoms with E-state index in [0.29, 0.717) is 31.2 Å². The van der Waals surface area contributed by atoms with E-state index in [9.17, 15) is 18.0 Å². The molecule has 1 heterocycles. The zero-order valence-corrected chi connectivity index (χ0v) is 19.4. The molecule has 0 spiro atoms. The number of halogens is 1. The van der Waals surface area contributed by atoms with E-state index in [1.807, 2.05) is 30.3 Å². The van der Waals surface area contributed by atoms with Crippen molar-refractivity contribution in [1.29, 1.82) is 5.26 Å². The van der Waals surface area contributed by atoms with Crippen molar-refractivity contribution in [1.82, 2.24) is 14.9 Å². The van der Waals surface area contributed by atoms with E-state index in [2.05, 4.69) is 14.9 Å². The van der Waals surface area contributed by atoms with Crippen molar-refractivity contribution in [3.63, 3.8) is 0 Å². The summed E-state index contributed by atoms with van der Waals surface area (Å²) in [4.78, 5) is 28.7. The van der Waals surface area contributed by atoms with E-state index in [1.54, 1.807) is 4.90 Å². The molecule has 9 nitrogen and oxygen atoms in total. The van der Waals surface area contributed by atoms with Crippen LogP contribution in [-0.4, -0.2) is 64.4 Å². The molecule has 33 heavy (non-hydrogen) atoms. The summed E-state index contributed by atoms with van der Waals surface area (Å²) in [7, 11) is -3.75. The van der Waals surface area contributed by atoms with Crippen LogP contribution in [0.5, 0.6) is 0 Å². The summed E-state index contributed by atoms with van der Waals surface area (Å²) in [6.07, 6.45) is 0.0589. The summed E-state index contributed by atoms with van der Waals surface area (Å²) in [5.74, 6) is -0.655. The van der Waals surface area contributed by atoms with Crippen LogP contribution in [0.3, 0.4) is 0 Å². The van der Waals surface area contributed by atoms with Gasteiger partial charge in [0.1, 0.15) is 0 Å². The Morgan fingerprint density at radius 2 is 1.76 bits per heavy atom. The average Bonchev–Trinajstić information content (AvgIpc) is 2.82. The second kappa shape index (κ2) is 11.1. The fourth-order valence-electron chi connectivity index (χ4n) is 3.37. The molecular weight excluding hydrogens is 466 g/mol. The fraction of sp³-hybridized carbons (Fsp3) is 0.318. The number of rotatable bonds is 8. The molecule has 0 atom stereocenters. The fourth-order valence-corrected chi connectivity index (χ4v) is 4.58. The Morgan fingerprint density at radius 1 is 1.06 bits per heavy atom. The predicted octanol–water partition coefficient (Wildman–Crippen LogP) is 1.61. The number of carbonyl (C=O) groups is 2. The topological polar surface area (TPSA) is 123 Å². The van der Waals surface area contributed by atoms with Gasteiger partial charge in [-0.25, -0.2) is 13.1 Å². The molecule has 0 aromatic heterocycles. The molecule has 11 heteroatoms. The summed E-state index contributed by atoms with van der Waals surface area (Å²) >= 11 is 6.05. The van der Waals surface area contributed by atoms with Crippen molar-refractivity contribution < 1.29 is 18.0 Å². The molecule has 2 aromatic carbocycles. The molecule has 2 amide bonds. The first kappa shape index (κ1) is 24.5. The van der Waals surface area contributed by atoms with E-state index in [-0.39, 0.29) is 35.9 Å². The van der Waals surface area contributed by atoms with Crippen LogP contribution in [0.15, 0.2) is 53.4 Å². The molecule has 0 radical (unpaired) electrons. The quantitative estimate of drug-likeness (QED) is 0.543. The van der Waals surface area contributed by atoms with Crippen molar-refractivity contribution >= 4 is 39.1 Å². The first-order chi connectivity index (χ1) is 15.8. The van der Waals surface area contributed by atoms with Crippen LogP contribution in [0, 0.1) is 11.3 Å². The number of benzene rings is 2. The van der Waals surface area contributed by atoms with Crippen molar-refractivity contribution in [3.8, 4) is 6.07 Å². The molecule has 1 aliphatic heterocycles. The molecule has 0 saturated carbocycles. The lowest BCUT2D eigenvalue weighted by atomic mass is 10.2. The summed E-state index contributed by atoms with van der Waals surface area (Å²) in [5.41, 5.74) is 1.25. The normalized spacial score (nSPS) is 13.9. The SMILES string of the molecule is N#CCCNS(=O)(=O)c1ccc(C(=O)NCC(=O)N2CCN(c3cccc(Cl)c3)CC2)cc1. The molecule has 1 fully saturated rings. The number of sulfonamides is 1. The Kier molecular flexibility index (Phi) is 8.27. The van der Waals surface area contributed by atoms with E-state index < -0.39 is 15.9 Å². The Bertz CT molecular complexity index is 1140. The molecule has 2 aromatic rings. The Labute approximate surface area is 198 Å².